The van der Waals surface area contributed by atoms with Gasteiger partial charge in [0.1, 0.15) is 10.7 Å². The number of carbonyl (C=O) groups excluding carboxylic acids is 1. The monoisotopic (exact) mass is 298 g/mol. The molecule has 0 radical (unpaired) electrons. The van der Waals surface area contributed by atoms with E-state index in [0.29, 0.717) is 28.9 Å². The van der Waals surface area contributed by atoms with Crippen molar-refractivity contribution in [2.45, 2.75) is 39.4 Å². The van der Waals surface area contributed by atoms with Crippen molar-refractivity contribution in [3.05, 3.63) is 4.88 Å². The third-order valence-electron chi connectivity index (χ3n) is 3.08. The maximum atomic E-state index is 12.5. The second-order valence-corrected chi connectivity index (χ2v) is 6.13. The molecule has 0 saturated carbocycles. The highest BCUT2D eigenvalue weighted by molar-refractivity contribution is 7.18. The van der Waals surface area contributed by atoms with E-state index in [0.717, 1.165) is 13.0 Å². The summed E-state index contributed by atoms with van der Waals surface area (Å²) in [6.45, 7) is 8.04. The summed E-state index contributed by atoms with van der Waals surface area (Å²) in [6, 6.07) is 0. The van der Waals surface area contributed by atoms with E-state index in [4.69, 9.17) is 10.5 Å². The van der Waals surface area contributed by atoms with E-state index in [1.807, 2.05) is 13.8 Å². The van der Waals surface area contributed by atoms with Gasteiger partial charge in [-0.1, -0.05) is 18.3 Å². The number of hydrogen-bond acceptors (Lipinski definition) is 6. The van der Waals surface area contributed by atoms with Crippen LogP contribution >= 0.6 is 11.3 Å². The predicted molar refractivity (Wildman–Crippen MR) is 81.2 cm³/mol. The van der Waals surface area contributed by atoms with Gasteiger partial charge in [0.2, 0.25) is 0 Å². The lowest BCUT2D eigenvalue weighted by molar-refractivity contribution is -0.0584. The molecule has 1 aromatic heterocycles. The fourth-order valence-corrected chi connectivity index (χ4v) is 3.16. The molecule has 20 heavy (non-hydrogen) atoms. The van der Waals surface area contributed by atoms with Gasteiger partial charge in [-0.2, -0.15) is 0 Å². The van der Waals surface area contributed by atoms with Crippen molar-refractivity contribution >= 4 is 28.2 Å². The normalized spacial score (nSPS) is 22.9. The van der Waals surface area contributed by atoms with Gasteiger partial charge in [0, 0.05) is 19.6 Å². The number of anilines is 2. The maximum absolute atomic E-state index is 12.5. The first-order chi connectivity index (χ1) is 9.51. The number of morpholine rings is 1. The minimum atomic E-state index is -0.0495. The van der Waals surface area contributed by atoms with Crippen LogP contribution in [0.15, 0.2) is 0 Å². The molecule has 1 aliphatic heterocycles. The van der Waals surface area contributed by atoms with E-state index < -0.39 is 0 Å². The molecule has 1 fully saturated rings. The summed E-state index contributed by atoms with van der Waals surface area (Å²) < 4.78 is 5.64. The number of hydrogen-bond donors (Lipinski definition) is 2. The van der Waals surface area contributed by atoms with Gasteiger partial charge in [0.05, 0.1) is 12.2 Å². The van der Waals surface area contributed by atoms with E-state index in [2.05, 4.69) is 17.2 Å². The zero-order chi connectivity index (χ0) is 14.7. The second kappa shape index (κ2) is 6.41. The molecule has 0 spiro atoms. The number of nitrogens with zero attached hydrogens (tertiary/aromatic N) is 2. The van der Waals surface area contributed by atoms with E-state index in [1.54, 1.807) is 4.90 Å². The molecular formula is C13H22N4O2S. The number of aromatic nitrogens is 1. The number of carbonyl (C=O) groups is 1. The Morgan fingerprint density at radius 2 is 2.15 bits per heavy atom. The van der Waals surface area contributed by atoms with Gasteiger partial charge in [0.15, 0.2) is 5.13 Å². The number of rotatable bonds is 4. The first-order valence-electron chi connectivity index (χ1n) is 6.96. The molecule has 0 aliphatic carbocycles. The van der Waals surface area contributed by atoms with Crippen LogP contribution in [0.2, 0.25) is 0 Å². The topological polar surface area (TPSA) is 80.5 Å². The molecular weight excluding hydrogens is 276 g/mol. The number of nitrogen functional groups attached to an aromatic ring is 1. The fourth-order valence-electron chi connectivity index (χ4n) is 2.28. The molecule has 1 aromatic rings. The first kappa shape index (κ1) is 15.1. The molecule has 6 nitrogen and oxygen atoms in total. The average molecular weight is 298 g/mol. The van der Waals surface area contributed by atoms with Crippen molar-refractivity contribution < 1.29 is 9.53 Å². The van der Waals surface area contributed by atoms with Gasteiger partial charge in [-0.05, 0) is 20.3 Å². The summed E-state index contributed by atoms with van der Waals surface area (Å²) >= 11 is 1.32. The van der Waals surface area contributed by atoms with E-state index in [-0.39, 0.29) is 18.1 Å². The molecule has 1 saturated heterocycles. The summed E-state index contributed by atoms with van der Waals surface area (Å²) in [4.78, 5) is 19.1. The SMILES string of the molecule is CCCNc1nc(N)c(C(=O)N2C[C@@H](C)O[C@@H](C)C2)s1. The average Bonchev–Trinajstić information content (AvgIpc) is 2.75. The maximum Gasteiger partial charge on any atom is 0.268 e. The largest absolute Gasteiger partial charge is 0.382 e. The fraction of sp³-hybridized carbons (Fsp3) is 0.692. The zero-order valence-electron chi connectivity index (χ0n) is 12.2. The van der Waals surface area contributed by atoms with Crippen molar-refractivity contribution in [3.63, 3.8) is 0 Å². The molecule has 1 amide bonds. The Balaban J connectivity index is 2.10. The Bertz CT molecular complexity index is 467. The lowest BCUT2D eigenvalue weighted by atomic mass is 10.2. The standard InChI is InChI=1S/C13H22N4O2S/c1-4-5-15-13-16-11(14)10(20-13)12(18)17-6-8(2)19-9(3)7-17/h8-9H,4-7,14H2,1-3H3,(H,15,16)/t8-,9+. The minimum absolute atomic E-state index is 0.0495. The highest BCUT2D eigenvalue weighted by atomic mass is 32.1. The Hall–Kier alpha value is -1.34. The van der Waals surface area contributed by atoms with Crippen LogP contribution in [0.3, 0.4) is 0 Å². The van der Waals surface area contributed by atoms with Crippen molar-refractivity contribution in [3.8, 4) is 0 Å². The lowest BCUT2D eigenvalue weighted by Gasteiger charge is -2.35. The zero-order valence-corrected chi connectivity index (χ0v) is 13.0. The van der Waals surface area contributed by atoms with Gasteiger partial charge in [-0.3, -0.25) is 4.79 Å². The molecule has 2 rings (SSSR count). The van der Waals surface area contributed by atoms with Crippen LogP contribution in [0.4, 0.5) is 10.9 Å². The summed E-state index contributed by atoms with van der Waals surface area (Å²) in [5.41, 5.74) is 5.87. The Morgan fingerprint density at radius 1 is 1.50 bits per heavy atom. The van der Waals surface area contributed by atoms with Gasteiger partial charge in [-0.25, -0.2) is 4.98 Å². The Labute approximate surface area is 123 Å². The van der Waals surface area contributed by atoms with Crippen LogP contribution in [0, 0.1) is 0 Å². The van der Waals surface area contributed by atoms with Crippen LogP contribution in [-0.4, -0.2) is 47.6 Å². The smallest absolute Gasteiger partial charge is 0.268 e. The predicted octanol–water partition coefficient (Wildman–Crippen LogP) is 1.80. The number of nitrogens with one attached hydrogen (secondary N) is 1. The van der Waals surface area contributed by atoms with Crippen LogP contribution in [0.5, 0.6) is 0 Å². The summed E-state index contributed by atoms with van der Waals surface area (Å²) in [5, 5.41) is 3.87. The van der Waals surface area contributed by atoms with Gasteiger partial charge in [0.25, 0.3) is 5.91 Å². The van der Waals surface area contributed by atoms with Gasteiger partial charge >= 0.3 is 0 Å². The number of amides is 1. The molecule has 1 aliphatic rings. The first-order valence-corrected chi connectivity index (χ1v) is 7.77. The highest BCUT2D eigenvalue weighted by Gasteiger charge is 2.29. The van der Waals surface area contributed by atoms with E-state index in [1.165, 1.54) is 11.3 Å². The van der Waals surface area contributed by atoms with Crippen molar-refractivity contribution in [1.29, 1.82) is 0 Å². The number of ether oxygens (including phenoxy) is 1. The Morgan fingerprint density at radius 3 is 2.75 bits per heavy atom. The lowest BCUT2D eigenvalue weighted by Crippen LogP contribution is -2.48. The molecule has 2 heterocycles. The highest BCUT2D eigenvalue weighted by Crippen LogP contribution is 2.27. The van der Waals surface area contributed by atoms with Crippen LogP contribution in [-0.2, 0) is 4.74 Å². The molecule has 7 heteroatoms. The molecule has 2 atom stereocenters. The van der Waals surface area contributed by atoms with Gasteiger partial charge in [-0.15, -0.1) is 0 Å². The summed E-state index contributed by atoms with van der Waals surface area (Å²) in [7, 11) is 0. The number of thiazole rings is 1. The van der Waals surface area contributed by atoms with Gasteiger partial charge < -0.3 is 20.7 Å². The van der Waals surface area contributed by atoms with Crippen LogP contribution < -0.4 is 11.1 Å². The quantitative estimate of drug-likeness (QED) is 0.886. The molecule has 0 bridgehead atoms. The van der Waals surface area contributed by atoms with Crippen molar-refractivity contribution in [1.82, 2.24) is 9.88 Å². The van der Waals surface area contributed by atoms with E-state index >= 15 is 0 Å². The minimum Gasteiger partial charge on any atom is -0.382 e. The summed E-state index contributed by atoms with van der Waals surface area (Å²) in [5.74, 6) is 0.261. The third kappa shape index (κ3) is 3.40. The summed E-state index contributed by atoms with van der Waals surface area (Å²) in [6.07, 6.45) is 1.10. The number of nitrogens with two attached hydrogens (primary N) is 1. The van der Waals surface area contributed by atoms with Crippen LogP contribution in [0.25, 0.3) is 0 Å². The molecule has 0 aromatic carbocycles. The molecule has 3 N–H and O–H groups in total. The third-order valence-corrected chi connectivity index (χ3v) is 4.10. The molecule has 0 unspecified atom stereocenters. The second-order valence-electron chi connectivity index (χ2n) is 5.13. The van der Waals surface area contributed by atoms with E-state index in [9.17, 15) is 4.79 Å². The Kier molecular flexibility index (Phi) is 4.82. The van der Waals surface area contributed by atoms with Crippen LogP contribution in [0.1, 0.15) is 36.9 Å². The van der Waals surface area contributed by atoms with Crippen molar-refractivity contribution in [2.75, 3.05) is 30.7 Å². The molecule has 112 valence electrons. The van der Waals surface area contributed by atoms with Crippen molar-refractivity contribution in [2.24, 2.45) is 0 Å².